The zero-order chi connectivity index (χ0) is 16.4. The van der Waals surface area contributed by atoms with Crippen molar-refractivity contribution in [3.05, 3.63) is 57.4 Å². The lowest BCUT2D eigenvalue weighted by atomic mass is 10.2. The van der Waals surface area contributed by atoms with Gasteiger partial charge in [-0.1, -0.05) is 11.6 Å². The van der Waals surface area contributed by atoms with Crippen molar-refractivity contribution in [3.8, 4) is 0 Å². The number of rotatable bonds is 4. The van der Waals surface area contributed by atoms with E-state index in [-0.39, 0.29) is 16.3 Å². The van der Waals surface area contributed by atoms with E-state index in [1.807, 2.05) is 0 Å². The number of nitrogens with zero attached hydrogens (tertiary/aromatic N) is 5. The van der Waals surface area contributed by atoms with E-state index in [9.17, 15) is 14.9 Å². The fourth-order valence-corrected chi connectivity index (χ4v) is 1.99. The molecule has 0 aliphatic heterocycles. The standard InChI is InChI=1S/C12H8ClN7O3/c13-9-2-1-7(20(22)23)5-8(9)12(21)17-15-10-3-4-11-16-14-6-19(11)18-10/h1-6H,(H,15,18)(H,17,21). The molecule has 0 fully saturated rings. The molecule has 11 heteroatoms. The molecule has 0 bridgehead atoms. The number of halogens is 1. The van der Waals surface area contributed by atoms with Crippen LogP contribution in [0.3, 0.4) is 0 Å². The van der Waals surface area contributed by atoms with Gasteiger partial charge in [-0.15, -0.1) is 15.3 Å². The first-order valence-electron chi connectivity index (χ1n) is 6.22. The Balaban J connectivity index is 1.76. The first kappa shape index (κ1) is 14.7. The van der Waals surface area contributed by atoms with Gasteiger partial charge in [0, 0.05) is 12.1 Å². The molecule has 1 aromatic carbocycles. The van der Waals surface area contributed by atoms with Crippen LogP contribution in [-0.2, 0) is 0 Å². The average molecular weight is 334 g/mol. The first-order chi connectivity index (χ1) is 11.0. The quantitative estimate of drug-likeness (QED) is 0.546. The maximum Gasteiger partial charge on any atom is 0.271 e. The van der Waals surface area contributed by atoms with Crippen LogP contribution < -0.4 is 10.9 Å². The van der Waals surface area contributed by atoms with Crippen LogP contribution in [0.1, 0.15) is 10.4 Å². The molecule has 0 aliphatic rings. The van der Waals surface area contributed by atoms with E-state index in [4.69, 9.17) is 11.6 Å². The Morgan fingerprint density at radius 3 is 2.91 bits per heavy atom. The van der Waals surface area contributed by atoms with E-state index in [2.05, 4.69) is 26.1 Å². The zero-order valence-electron chi connectivity index (χ0n) is 11.3. The summed E-state index contributed by atoms with van der Waals surface area (Å²) in [4.78, 5) is 22.2. The number of fused-ring (bicyclic) bond motifs is 1. The maximum atomic E-state index is 12.1. The molecular weight excluding hydrogens is 326 g/mol. The van der Waals surface area contributed by atoms with Gasteiger partial charge in [-0.3, -0.25) is 25.8 Å². The molecule has 2 N–H and O–H groups in total. The summed E-state index contributed by atoms with van der Waals surface area (Å²) in [5.41, 5.74) is 5.23. The first-order valence-corrected chi connectivity index (χ1v) is 6.60. The Kier molecular flexibility index (Phi) is 3.73. The minimum Gasteiger partial charge on any atom is -0.280 e. The Labute approximate surface area is 133 Å². The van der Waals surface area contributed by atoms with Crippen molar-refractivity contribution in [1.29, 1.82) is 0 Å². The predicted octanol–water partition coefficient (Wildman–Crippen LogP) is 1.44. The van der Waals surface area contributed by atoms with Crippen molar-refractivity contribution in [3.63, 3.8) is 0 Å². The summed E-state index contributed by atoms with van der Waals surface area (Å²) in [7, 11) is 0. The van der Waals surface area contributed by atoms with Crippen LogP contribution in [0.5, 0.6) is 0 Å². The fourth-order valence-electron chi connectivity index (χ4n) is 1.78. The Hall–Kier alpha value is -3.27. The third-order valence-corrected chi connectivity index (χ3v) is 3.20. The van der Waals surface area contributed by atoms with Gasteiger partial charge in [0.25, 0.3) is 11.6 Å². The Morgan fingerprint density at radius 2 is 2.13 bits per heavy atom. The highest BCUT2D eigenvalue weighted by atomic mass is 35.5. The highest BCUT2D eigenvalue weighted by molar-refractivity contribution is 6.34. The van der Waals surface area contributed by atoms with Crippen molar-refractivity contribution in [1.82, 2.24) is 25.2 Å². The second-order valence-electron chi connectivity index (χ2n) is 4.35. The SMILES string of the molecule is O=C(NNc1ccc2nncn2n1)c1cc([N+](=O)[O-])ccc1Cl. The molecule has 10 nitrogen and oxygen atoms in total. The van der Waals surface area contributed by atoms with Crippen molar-refractivity contribution in [2.75, 3.05) is 5.43 Å². The molecule has 0 unspecified atom stereocenters. The number of aromatic nitrogens is 4. The van der Waals surface area contributed by atoms with Crippen LogP contribution >= 0.6 is 11.6 Å². The summed E-state index contributed by atoms with van der Waals surface area (Å²) < 4.78 is 1.41. The van der Waals surface area contributed by atoms with Gasteiger partial charge in [0.1, 0.15) is 6.33 Å². The molecule has 2 aromatic heterocycles. The number of benzene rings is 1. The molecule has 23 heavy (non-hydrogen) atoms. The van der Waals surface area contributed by atoms with Gasteiger partial charge in [-0.25, -0.2) is 0 Å². The van der Waals surface area contributed by atoms with Gasteiger partial charge in [0.05, 0.1) is 15.5 Å². The largest absolute Gasteiger partial charge is 0.280 e. The Bertz CT molecular complexity index is 911. The van der Waals surface area contributed by atoms with Crippen molar-refractivity contribution in [2.45, 2.75) is 0 Å². The van der Waals surface area contributed by atoms with E-state index in [0.29, 0.717) is 11.5 Å². The van der Waals surface area contributed by atoms with Gasteiger partial charge < -0.3 is 0 Å². The summed E-state index contributed by atoms with van der Waals surface area (Å²) >= 11 is 5.89. The maximum absolute atomic E-state index is 12.1. The third-order valence-electron chi connectivity index (χ3n) is 2.87. The number of nitro groups is 1. The topological polar surface area (TPSA) is 127 Å². The summed E-state index contributed by atoms with van der Waals surface area (Å²) in [5.74, 6) is -0.309. The molecule has 1 amide bonds. The monoisotopic (exact) mass is 333 g/mol. The lowest BCUT2D eigenvalue weighted by molar-refractivity contribution is -0.384. The molecule has 0 saturated heterocycles. The minimum absolute atomic E-state index is 0.0289. The summed E-state index contributed by atoms with van der Waals surface area (Å²) in [5, 5.41) is 22.4. The number of nitro benzene ring substituents is 1. The molecule has 3 aromatic rings. The second-order valence-corrected chi connectivity index (χ2v) is 4.76. The highest BCUT2D eigenvalue weighted by Gasteiger charge is 2.15. The smallest absolute Gasteiger partial charge is 0.271 e. The van der Waals surface area contributed by atoms with E-state index in [1.54, 1.807) is 12.1 Å². The average Bonchev–Trinajstić information content (AvgIpc) is 3.00. The van der Waals surface area contributed by atoms with Gasteiger partial charge in [0.2, 0.25) is 0 Å². The zero-order valence-corrected chi connectivity index (χ0v) is 12.1. The van der Waals surface area contributed by atoms with Crippen LogP contribution in [0.15, 0.2) is 36.7 Å². The molecule has 0 atom stereocenters. The van der Waals surface area contributed by atoms with E-state index in [0.717, 1.165) is 6.07 Å². The van der Waals surface area contributed by atoms with Crippen molar-refractivity contribution >= 4 is 34.7 Å². The van der Waals surface area contributed by atoms with Crippen LogP contribution in [0.25, 0.3) is 5.65 Å². The van der Waals surface area contributed by atoms with E-state index < -0.39 is 10.8 Å². The van der Waals surface area contributed by atoms with Crippen molar-refractivity contribution < 1.29 is 9.72 Å². The second kappa shape index (κ2) is 5.85. The summed E-state index contributed by atoms with van der Waals surface area (Å²) in [6.45, 7) is 0. The summed E-state index contributed by atoms with van der Waals surface area (Å²) in [6.07, 6.45) is 1.40. The van der Waals surface area contributed by atoms with E-state index in [1.165, 1.54) is 23.0 Å². The lowest BCUT2D eigenvalue weighted by Gasteiger charge is -2.08. The minimum atomic E-state index is -0.635. The number of non-ortho nitro benzene ring substituents is 1. The van der Waals surface area contributed by atoms with Gasteiger partial charge >= 0.3 is 0 Å². The van der Waals surface area contributed by atoms with Crippen molar-refractivity contribution in [2.24, 2.45) is 0 Å². The van der Waals surface area contributed by atoms with Crippen LogP contribution in [0.4, 0.5) is 11.5 Å². The molecule has 0 radical (unpaired) electrons. The molecule has 3 rings (SSSR count). The molecule has 2 heterocycles. The van der Waals surface area contributed by atoms with Crippen LogP contribution in [0.2, 0.25) is 5.02 Å². The van der Waals surface area contributed by atoms with Gasteiger partial charge in [0.15, 0.2) is 11.5 Å². The molecular formula is C12H8ClN7O3. The van der Waals surface area contributed by atoms with Gasteiger partial charge in [-0.05, 0) is 18.2 Å². The van der Waals surface area contributed by atoms with Crippen LogP contribution in [0, 0.1) is 10.1 Å². The molecule has 0 saturated carbocycles. The number of hydrogen-bond acceptors (Lipinski definition) is 7. The van der Waals surface area contributed by atoms with E-state index >= 15 is 0 Å². The number of carbonyl (C=O) groups excluding carboxylic acids is 1. The normalized spacial score (nSPS) is 10.5. The van der Waals surface area contributed by atoms with Gasteiger partial charge in [-0.2, -0.15) is 4.52 Å². The lowest BCUT2D eigenvalue weighted by Crippen LogP contribution is -2.30. The molecule has 0 spiro atoms. The number of hydrazine groups is 1. The van der Waals surface area contributed by atoms with Crippen LogP contribution in [-0.4, -0.2) is 30.6 Å². The fraction of sp³-hybridized carbons (Fsp3) is 0. The number of amides is 1. The number of anilines is 1. The summed E-state index contributed by atoms with van der Waals surface area (Å²) in [6, 6.07) is 6.83. The molecule has 0 aliphatic carbocycles. The molecule has 116 valence electrons. The number of hydrogen-bond donors (Lipinski definition) is 2. The predicted molar refractivity (Wildman–Crippen MR) is 80.0 cm³/mol. The number of carbonyl (C=O) groups is 1. The highest BCUT2D eigenvalue weighted by Crippen LogP contribution is 2.21. The number of nitrogens with one attached hydrogen (secondary N) is 2. The Morgan fingerprint density at radius 1 is 1.30 bits per heavy atom. The third kappa shape index (κ3) is 3.01.